The lowest BCUT2D eigenvalue weighted by molar-refractivity contribution is -0.127. The van der Waals surface area contributed by atoms with E-state index in [0.29, 0.717) is 31.0 Å². The number of nitrogens with one attached hydrogen (secondary N) is 1. The lowest BCUT2D eigenvalue weighted by atomic mass is 9.71. The van der Waals surface area contributed by atoms with E-state index >= 15 is 0 Å². The van der Waals surface area contributed by atoms with Gasteiger partial charge >= 0.3 is 0 Å². The number of hydrogen-bond acceptors (Lipinski definition) is 6. The number of aromatic nitrogens is 3. The number of piperidine rings is 1. The van der Waals surface area contributed by atoms with Crippen molar-refractivity contribution in [1.29, 1.82) is 5.26 Å². The molecular formula is C32H30N6O2. The molecule has 8 nitrogen and oxygen atoms in total. The highest BCUT2D eigenvalue weighted by Crippen LogP contribution is 2.47. The zero-order chi connectivity index (χ0) is 27.7. The van der Waals surface area contributed by atoms with Crippen molar-refractivity contribution in [2.75, 3.05) is 31.1 Å². The number of ether oxygens (including phenoxy) is 1. The number of carbonyl (C=O) groups excluding carboxylic acids is 1. The van der Waals surface area contributed by atoms with Crippen LogP contribution in [0.3, 0.4) is 0 Å². The van der Waals surface area contributed by atoms with Gasteiger partial charge in [-0.3, -0.25) is 14.9 Å². The molecule has 0 unspecified atom stereocenters. The van der Waals surface area contributed by atoms with Gasteiger partial charge in [-0.05, 0) is 68.0 Å². The number of fused-ring (bicyclic) bond motifs is 1. The number of hydrogen-bond donors (Lipinski definition) is 1. The third-order valence-corrected chi connectivity index (χ3v) is 8.15. The number of pyridine rings is 1. The van der Waals surface area contributed by atoms with Gasteiger partial charge in [0.25, 0.3) is 5.91 Å². The van der Waals surface area contributed by atoms with Gasteiger partial charge in [0.05, 0.1) is 28.7 Å². The SMILES string of the molecule is CC#CC(=O)N1CCC2(CC1)CN(c1cc(OCc3ccccn3)cc(-c3c(C)ccc4[nH]ncc34)c1C#N)C2. The van der Waals surface area contributed by atoms with Crippen LogP contribution >= 0.6 is 0 Å². The summed E-state index contributed by atoms with van der Waals surface area (Å²) in [7, 11) is 0. The first kappa shape index (κ1) is 25.5. The maximum atomic E-state index is 12.2. The summed E-state index contributed by atoms with van der Waals surface area (Å²) in [4.78, 5) is 20.8. The number of aromatic amines is 1. The van der Waals surface area contributed by atoms with Crippen LogP contribution in [0.5, 0.6) is 5.75 Å². The topological polar surface area (TPSA) is 98.1 Å². The van der Waals surface area contributed by atoms with E-state index in [1.54, 1.807) is 13.1 Å². The van der Waals surface area contributed by atoms with Crippen molar-refractivity contribution in [3.63, 3.8) is 0 Å². The van der Waals surface area contributed by atoms with Crippen molar-refractivity contribution >= 4 is 22.5 Å². The minimum Gasteiger partial charge on any atom is -0.487 e. The second-order valence-corrected chi connectivity index (χ2v) is 10.7. The molecule has 2 saturated heterocycles. The van der Waals surface area contributed by atoms with Crippen LogP contribution in [0.2, 0.25) is 0 Å². The summed E-state index contributed by atoms with van der Waals surface area (Å²) in [5, 5.41) is 18.8. The first-order valence-corrected chi connectivity index (χ1v) is 13.5. The highest BCUT2D eigenvalue weighted by Gasteiger charge is 2.46. The minimum absolute atomic E-state index is 0.0912. The largest absolute Gasteiger partial charge is 0.487 e. The molecule has 0 aliphatic carbocycles. The van der Waals surface area contributed by atoms with Gasteiger partial charge in [-0.1, -0.05) is 18.1 Å². The van der Waals surface area contributed by atoms with Gasteiger partial charge in [0.1, 0.15) is 18.4 Å². The molecule has 1 N–H and O–H groups in total. The van der Waals surface area contributed by atoms with Crippen molar-refractivity contribution in [3.05, 3.63) is 71.7 Å². The van der Waals surface area contributed by atoms with Crippen LogP contribution in [-0.2, 0) is 11.4 Å². The second kappa shape index (κ2) is 10.4. The zero-order valence-electron chi connectivity index (χ0n) is 22.7. The molecule has 2 aromatic heterocycles. The molecule has 40 heavy (non-hydrogen) atoms. The number of likely N-dealkylation sites (tertiary alicyclic amines) is 1. The van der Waals surface area contributed by atoms with Gasteiger partial charge in [-0.2, -0.15) is 10.4 Å². The van der Waals surface area contributed by atoms with Gasteiger partial charge in [-0.15, -0.1) is 0 Å². The Morgan fingerprint density at radius 1 is 1.18 bits per heavy atom. The highest BCUT2D eigenvalue weighted by atomic mass is 16.5. The molecule has 0 radical (unpaired) electrons. The maximum Gasteiger partial charge on any atom is 0.298 e. The molecule has 0 atom stereocenters. The third-order valence-electron chi connectivity index (χ3n) is 8.15. The van der Waals surface area contributed by atoms with E-state index in [0.717, 1.165) is 64.9 Å². The Kier molecular flexibility index (Phi) is 6.61. The number of nitriles is 1. The molecule has 0 bridgehead atoms. The first-order valence-electron chi connectivity index (χ1n) is 13.5. The molecule has 4 aromatic rings. The van der Waals surface area contributed by atoms with Crippen molar-refractivity contribution in [1.82, 2.24) is 20.1 Å². The standard InChI is InChI=1S/C32H30N6O2/c1-3-6-30(39)37-13-10-32(11-14-37)20-38(21-32)29-16-24(40-19-23-7-4-5-12-34-23)15-25(26(29)17-33)31-22(2)8-9-28-27(31)18-35-36-28/h4-5,7-9,12,15-16,18H,10-11,13-14,19-21H2,1-2H3,(H,35,36). The first-order chi connectivity index (χ1) is 19.5. The van der Waals surface area contributed by atoms with E-state index < -0.39 is 0 Å². The monoisotopic (exact) mass is 530 g/mol. The summed E-state index contributed by atoms with van der Waals surface area (Å²) in [5.41, 5.74) is 6.26. The van der Waals surface area contributed by atoms with Crippen LogP contribution in [0.25, 0.3) is 22.0 Å². The maximum absolute atomic E-state index is 12.2. The Bertz CT molecular complexity index is 1680. The lowest BCUT2D eigenvalue weighted by Crippen LogP contribution is -2.61. The fraction of sp³-hybridized carbons (Fsp3) is 0.312. The van der Waals surface area contributed by atoms with Gasteiger partial charge in [0.2, 0.25) is 0 Å². The fourth-order valence-corrected chi connectivity index (χ4v) is 5.99. The summed E-state index contributed by atoms with van der Waals surface area (Å²) >= 11 is 0. The predicted octanol–water partition coefficient (Wildman–Crippen LogP) is 4.84. The normalized spacial score (nSPS) is 15.7. The molecule has 200 valence electrons. The molecule has 2 fully saturated rings. The van der Waals surface area contributed by atoms with E-state index in [1.165, 1.54) is 0 Å². The van der Waals surface area contributed by atoms with Crippen LogP contribution in [0.4, 0.5) is 5.69 Å². The molecule has 2 aliphatic rings. The van der Waals surface area contributed by atoms with Gasteiger partial charge < -0.3 is 14.5 Å². The molecule has 1 amide bonds. The smallest absolute Gasteiger partial charge is 0.298 e. The predicted molar refractivity (Wildman–Crippen MR) is 153 cm³/mol. The molecule has 2 aromatic carbocycles. The zero-order valence-corrected chi connectivity index (χ0v) is 22.7. The summed E-state index contributed by atoms with van der Waals surface area (Å²) in [6.07, 6.45) is 5.43. The quantitative estimate of drug-likeness (QED) is 0.371. The van der Waals surface area contributed by atoms with E-state index in [2.05, 4.69) is 51.0 Å². The van der Waals surface area contributed by atoms with E-state index in [1.807, 2.05) is 47.5 Å². The number of rotatable bonds is 5. The average Bonchev–Trinajstić information content (AvgIpc) is 3.44. The summed E-state index contributed by atoms with van der Waals surface area (Å²) in [5.74, 6) is 5.97. The van der Waals surface area contributed by atoms with Crippen molar-refractivity contribution in [2.45, 2.75) is 33.3 Å². The molecule has 6 rings (SSSR count). The van der Waals surface area contributed by atoms with Crippen LogP contribution < -0.4 is 9.64 Å². The lowest BCUT2D eigenvalue weighted by Gasteiger charge is -2.55. The number of carbonyl (C=O) groups is 1. The Morgan fingerprint density at radius 2 is 2.00 bits per heavy atom. The molecule has 4 heterocycles. The minimum atomic E-state index is -0.0912. The number of benzene rings is 2. The van der Waals surface area contributed by atoms with E-state index in [9.17, 15) is 10.1 Å². The Balaban J connectivity index is 1.34. The number of amides is 1. The van der Waals surface area contributed by atoms with Gasteiger partial charge in [-0.25, -0.2) is 0 Å². The summed E-state index contributed by atoms with van der Waals surface area (Å²) in [6, 6.07) is 16.3. The Hall–Kier alpha value is -4.82. The Morgan fingerprint density at radius 3 is 2.73 bits per heavy atom. The summed E-state index contributed by atoms with van der Waals surface area (Å²) in [6.45, 7) is 7.17. The number of nitrogens with zero attached hydrogens (tertiary/aromatic N) is 5. The Labute approximate surface area is 233 Å². The van der Waals surface area contributed by atoms with Crippen LogP contribution in [0.15, 0.2) is 54.9 Å². The number of H-pyrrole nitrogens is 1. The van der Waals surface area contributed by atoms with Crippen LogP contribution in [0, 0.1) is 35.5 Å². The van der Waals surface area contributed by atoms with E-state index in [-0.39, 0.29) is 11.3 Å². The molecular weight excluding hydrogens is 500 g/mol. The number of aryl methyl sites for hydroxylation is 1. The molecule has 2 aliphatic heterocycles. The van der Waals surface area contributed by atoms with Crippen molar-refractivity contribution in [3.8, 4) is 34.8 Å². The van der Waals surface area contributed by atoms with Crippen molar-refractivity contribution < 1.29 is 9.53 Å². The van der Waals surface area contributed by atoms with E-state index in [4.69, 9.17) is 4.74 Å². The fourth-order valence-electron chi connectivity index (χ4n) is 5.99. The molecule has 8 heteroatoms. The van der Waals surface area contributed by atoms with Gasteiger partial charge in [0, 0.05) is 54.8 Å². The van der Waals surface area contributed by atoms with Gasteiger partial charge in [0.15, 0.2) is 0 Å². The summed E-state index contributed by atoms with van der Waals surface area (Å²) < 4.78 is 6.27. The molecule has 0 saturated carbocycles. The highest BCUT2D eigenvalue weighted by molar-refractivity contribution is 5.99. The second-order valence-electron chi connectivity index (χ2n) is 10.7. The molecule has 1 spiro atoms. The van der Waals surface area contributed by atoms with Crippen LogP contribution in [0.1, 0.15) is 36.6 Å². The number of anilines is 1. The third kappa shape index (κ3) is 4.63. The van der Waals surface area contributed by atoms with Crippen LogP contribution in [-0.4, -0.2) is 52.2 Å². The van der Waals surface area contributed by atoms with Crippen molar-refractivity contribution in [2.24, 2.45) is 5.41 Å². The average molecular weight is 531 g/mol.